The van der Waals surface area contributed by atoms with Gasteiger partial charge in [-0.3, -0.25) is 14.9 Å². The Labute approximate surface area is 138 Å². The number of aryl methyl sites for hydroxylation is 1. The van der Waals surface area contributed by atoms with Crippen LogP contribution in [0.1, 0.15) is 31.8 Å². The van der Waals surface area contributed by atoms with Gasteiger partial charge in [-0.15, -0.1) is 0 Å². The zero-order valence-corrected chi connectivity index (χ0v) is 13.2. The van der Waals surface area contributed by atoms with Crippen LogP contribution in [0.25, 0.3) is 0 Å². The maximum absolute atomic E-state index is 12.3. The van der Waals surface area contributed by atoms with E-state index in [0.717, 1.165) is 23.3 Å². The SMILES string of the molecule is COC(=O)c1cc(C(=O)NCc2cccc(C)c2)cc([N+](=O)[O-])c1. The van der Waals surface area contributed by atoms with Crippen molar-refractivity contribution in [1.29, 1.82) is 0 Å². The number of amides is 1. The molecule has 124 valence electrons. The molecule has 0 bridgehead atoms. The number of benzene rings is 2. The molecule has 0 fully saturated rings. The number of nitrogens with zero attached hydrogens (tertiary/aromatic N) is 1. The van der Waals surface area contributed by atoms with Gasteiger partial charge >= 0.3 is 5.97 Å². The van der Waals surface area contributed by atoms with Gasteiger partial charge in [0.2, 0.25) is 0 Å². The van der Waals surface area contributed by atoms with Gasteiger partial charge in [0.05, 0.1) is 17.6 Å². The Bertz CT molecular complexity index is 801. The van der Waals surface area contributed by atoms with Gasteiger partial charge in [-0.05, 0) is 18.6 Å². The van der Waals surface area contributed by atoms with Crippen LogP contribution < -0.4 is 5.32 Å². The Balaban J connectivity index is 2.23. The van der Waals surface area contributed by atoms with Gasteiger partial charge in [0.25, 0.3) is 11.6 Å². The molecule has 24 heavy (non-hydrogen) atoms. The lowest BCUT2D eigenvalue weighted by Gasteiger charge is -2.07. The summed E-state index contributed by atoms with van der Waals surface area (Å²) >= 11 is 0. The fourth-order valence-electron chi connectivity index (χ4n) is 2.19. The second kappa shape index (κ2) is 7.36. The zero-order valence-electron chi connectivity index (χ0n) is 13.2. The number of non-ortho nitro benzene ring substituents is 1. The smallest absolute Gasteiger partial charge is 0.338 e. The van der Waals surface area contributed by atoms with Gasteiger partial charge in [-0.1, -0.05) is 29.8 Å². The van der Waals surface area contributed by atoms with Gasteiger partial charge in [-0.25, -0.2) is 4.79 Å². The number of hydrogen-bond acceptors (Lipinski definition) is 5. The summed E-state index contributed by atoms with van der Waals surface area (Å²) in [5.74, 6) is -1.25. The minimum atomic E-state index is -0.744. The summed E-state index contributed by atoms with van der Waals surface area (Å²) in [5.41, 5.74) is 1.59. The molecule has 0 aliphatic carbocycles. The maximum Gasteiger partial charge on any atom is 0.338 e. The van der Waals surface area contributed by atoms with Crippen molar-refractivity contribution in [3.8, 4) is 0 Å². The van der Waals surface area contributed by atoms with E-state index in [4.69, 9.17) is 0 Å². The molecular weight excluding hydrogens is 312 g/mol. The molecule has 0 atom stereocenters. The number of ether oxygens (including phenoxy) is 1. The summed E-state index contributed by atoms with van der Waals surface area (Å²) in [5, 5.41) is 13.7. The first-order chi connectivity index (χ1) is 11.4. The third-order valence-corrected chi connectivity index (χ3v) is 3.35. The van der Waals surface area contributed by atoms with Crippen LogP contribution in [0.3, 0.4) is 0 Å². The number of hydrogen-bond donors (Lipinski definition) is 1. The number of nitrogens with one attached hydrogen (secondary N) is 1. The molecule has 2 aromatic carbocycles. The number of nitro benzene ring substituents is 1. The molecular formula is C17H16N2O5. The summed E-state index contributed by atoms with van der Waals surface area (Å²) in [6, 6.07) is 11.1. The quantitative estimate of drug-likeness (QED) is 0.517. The van der Waals surface area contributed by atoms with Gasteiger partial charge in [0.15, 0.2) is 0 Å². The van der Waals surface area contributed by atoms with E-state index in [1.807, 2.05) is 31.2 Å². The highest BCUT2D eigenvalue weighted by Crippen LogP contribution is 2.18. The van der Waals surface area contributed by atoms with E-state index in [9.17, 15) is 19.7 Å². The first-order valence-corrected chi connectivity index (χ1v) is 7.12. The fourth-order valence-corrected chi connectivity index (χ4v) is 2.19. The Kier molecular flexibility index (Phi) is 5.26. The molecule has 0 aromatic heterocycles. The van der Waals surface area contributed by atoms with Crippen LogP contribution in [-0.2, 0) is 11.3 Å². The van der Waals surface area contributed by atoms with E-state index in [2.05, 4.69) is 10.1 Å². The second-order valence-electron chi connectivity index (χ2n) is 5.19. The average Bonchev–Trinajstić information content (AvgIpc) is 2.58. The van der Waals surface area contributed by atoms with Crippen LogP contribution in [0.4, 0.5) is 5.69 Å². The van der Waals surface area contributed by atoms with Crippen molar-refractivity contribution in [2.75, 3.05) is 7.11 Å². The molecule has 7 nitrogen and oxygen atoms in total. The van der Waals surface area contributed by atoms with Crippen LogP contribution in [0.5, 0.6) is 0 Å². The van der Waals surface area contributed by atoms with Crippen LogP contribution in [0.2, 0.25) is 0 Å². The van der Waals surface area contributed by atoms with Crippen molar-refractivity contribution in [2.24, 2.45) is 0 Å². The molecule has 0 saturated heterocycles. The summed E-state index contributed by atoms with van der Waals surface area (Å²) in [7, 11) is 1.17. The van der Waals surface area contributed by atoms with E-state index < -0.39 is 16.8 Å². The van der Waals surface area contributed by atoms with Crippen LogP contribution >= 0.6 is 0 Å². The normalized spacial score (nSPS) is 10.1. The summed E-state index contributed by atoms with van der Waals surface area (Å²) < 4.78 is 4.55. The third kappa shape index (κ3) is 4.16. The lowest BCUT2D eigenvalue weighted by molar-refractivity contribution is -0.384. The Morgan fingerprint density at radius 3 is 2.50 bits per heavy atom. The average molecular weight is 328 g/mol. The Hall–Kier alpha value is -3.22. The number of esters is 1. The minimum Gasteiger partial charge on any atom is -0.465 e. The van der Waals surface area contributed by atoms with Gasteiger partial charge < -0.3 is 10.1 Å². The lowest BCUT2D eigenvalue weighted by Crippen LogP contribution is -2.23. The number of carbonyl (C=O) groups excluding carboxylic acids is 2. The molecule has 0 aliphatic rings. The maximum atomic E-state index is 12.3. The lowest BCUT2D eigenvalue weighted by atomic mass is 10.1. The highest BCUT2D eigenvalue weighted by atomic mass is 16.6. The summed E-state index contributed by atoms with van der Waals surface area (Å²) in [4.78, 5) is 34.2. The molecule has 7 heteroatoms. The van der Waals surface area contributed by atoms with Crippen molar-refractivity contribution < 1.29 is 19.2 Å². The molecule has 0 radical (unpaired) electrons. The van der Waals surface area contributed by atoms with E-state index in [1.165, 1.54) is 13.2 Å². The number of rotatable bonds is 5. The topological polar surface area (TPSA) is 98.5 Å². The van der Waals surface area contributed by atoms with Crippen LogP contribution in [0.15, 0.2) is 42.5 Å². The highest BCUT2D eigenvalue weighted by molar-refractivity contribution is 5.98. The fraction of sp³-hybridized carbons (Fsp3) is 0.176. The third-order valence-electron chi connectivity index (χ3n) is 3.35. The number of methoxy groups -OCH3 is 1. The summed E-state index contributed by atoms with van der Waals surface area (Å²) in [6.45, 7) is 2.21. The monoisotopic (exact) mass is 328 g/mol. The minimum absolute atomic E-state index is 0.0252. The predicted octanol–water partition coefficient (Wildman–Crippen LogP) is 2.62. The molecule has 0 aliphatic heterocycles. The van der Waals surface area contributed by atoms with Crippen LogP contribution in [-0.4, -0.2) is 23.9 Å². The Morgan fingerprint density at radius 1 is 1.17 bits per heavy atom. The first kappa shape index (κ1) is 17.1. The standard InChI is InChI=1S/C17H16N2O5/c1-11-4-3-5-12(6-11)10-18-16(20)13-7-14(17(21)24-2)9-15(8-13)19(22)23/h3-9H,10H2,1-2H3,(H,18,20). The van der Waals surface area contributed by atoms with E-state index in [-0.39, 0.29) is 23.4 Å². The van der Waals surface area contributed by atoms with Crippen molar-refractivity contribution >= 4 is 17.6 Å². The number of carbonyl (C=O) groups is 2. The summed E-state index contributed by atoms with van der Waals surface area (Å²) in [6.07, 6.45) is 0. The molecule has 0 spiro atoms. The van der Waals surface area contributed by atoms with E-state index in [0.29, 0.717) is 0 Å². The molecule has 1 amide bonds. The van der Waals surface area contributed by atoms with Crippen molar-refractivity contribution in [2.45, 2.75) is 13.5 Å². The van der Waals surface area contributed by atoms with Gasteiger partial charge in [0, 0.05) is 24.2 Å². The highest BCUT2D eigenvalue weighted by Gasteiger charge is 2.18. The van der Waals surface area contributed by atoms with Gasteiger partial charge in [-0.2, -0.15) is 0 Å². The first-order valence-electron chi connectivity index (χ1n) is 7.12. The molecule has 0 unspecified atom stereocenters. The molecule has 1 N–H and O–H groups in total. The molecule has 0 heterocycles. The molecule has 2 aromatic rings. The predicted molar refractivity (Wildman–Crippen MR) is 86.8 cm³/mol. The molecule has 0 saturated carbocycles. The number of nitro groups is 1. The van der Waals surface area contributed by atoms with E-state index in [1.54, 1.807) is 0 Å². The zero-order chi connectivity index (χ0) is 17.7. The molecule has 2 rings (SSSR count). The van der Waals surface area contributed by atoms with Gasteiger partial charge in [0.1, 0.15) is 0 Å². The largest absolute Gasteiger partial charge is 0.465 e. The second-order valence-corrected chi connectivity index (χ2v) is 5.19. The van der Waals surface area contributed by atoms with Crippen molar-refractivity contribution in [3.63, 3.8) is 0 Å². The van der Waals surface area contributed by atoms with Crippen molar-refractivity contribution in [3.05, 3.63) is 74.8 Å². The van der Waals surface area contributed by atoms with E-state index >= 15 is 0 Å². The Morgan fingerprint density at radius 2 is 1.88 bits per heavy atom. The van der Waals surface area contributed by atoms with Crippen LogP contribution in [0, 0.1) is 17.0 Å². The van der Waals surface area contributed by atoms with Crippen molar-refractivity contribution in [1.82, 2.24) is 5.32 Å².